The molecular weight excluding hydrogens is 619 g/mol. The van der Waals surface area contributed by atoms with E-state index in [9.17, 15) is 22.9 Å². The molecule has 2 atom stereocenters. The average molecular weight is 694 g/mol. The molecule has 0 bridgehead atoms. The lowest BCUT2D eigenvalue weighted by Gasteiger charge is -2.23. The van der Waals surface area contributed by atoms with Crippen LogP contribution in [-0.2, 0) is 14.9 Å². The highest BCUT2D eigenvalue weighted by Gasteiger charge is 2.26. The molecule has 0 aliphatic heterocycles. The van der Waals surface area contributed by atoms with Crippen molar-refractivity contribution in [1.82, 2.24) is 5.32 Å². The minimum Gasteiger partial charge on any atom is -0.391 e. The number of hydrogen-bond donors (Lipinski definition) is 3. The van der Waals surface area contributed by atoms with Gasteiger partial charge >= 0.3 is 0 Å². The zero-order chi connectivity index (χ0) is 35.4. The molecule has 1 amide bonds. The van der Waals surface area contributed by atoms with E-state index in [-0.39, 0.29) is 12.3 Å². The van der Waals surface area contributed by atoms with Crippen molar-refractivity contribution in [3.05, 3.63) is 48.6 Å². The summed E-state index contributed by atoms with van der Waals surface area (Å²) in [5, 5.41) is 13.3. The van der Waals surface area contributed by atoms with Crippen LogP contribution in [0.25, 0.3) is 0 Å². The van der Waals surface area contributed by atoms with Gasteiger partial charge in [0, 0.05) is 6.42 Å². The molecule has 0 heterocycles. The summed E-state index contributed by atoms with van der Waals surface area (Å²) in [7, 11) is -4.32. The number of allylic oxidation sites excluding steroid dienone is 8. The maximum atomic E-state index is 12.5. The fourth-order valence-electron chi connectivity index (χ4n) is 5.86. The first-order valence-corrected chi connectivity index (χ1v) is 21.4. The topological polar surface area (TPSA) is 104 Å². The second kappa shape index (κ2) is 35.1. The van der Waals surface area contributed by atoms with Crippen LogP contribution in [0.3, 0.4) is 0 Å². The minimum atomic E-state index is -4.32. The first-order valence-electron chi connectivity index (χ1n) is 19.8. The maximum absolute atomic E-state index is 12.5. The number of aliphatic hydroxyl groups is 1. The van der Waals surface area contributed by atoms with Gasteiger partial charge in [0.2, 0.25) is 5.91 Å². The van der Waals surface area contributed by atoms with Crippen LogP contribution in [0.2, 0.25) is 0 Å². The van der Waals surface area contributed by atoms with E-state index < -0.39 is 28.0 Å². The summed E-state index contributed by atoms with van der Waals surface area (Å²) in [6.45, 7) is 4.40. The largest absolute Gasteiger partial charge is 0.391 e. The van der Waals surface area contributed by atoms with Gasteiger partial charge in [0.25, 0.3) is 10.1 Å². The van der Waals surface area contributed by atoms with Gasteiger partial charge in [-0.15, -0.1) is 0 Å². The molecule has 0 rings (SSSR count). The Labute approximate surface area is 297 Å². The molecule has 0 aliphatic rings. The van der Waals surface area contributed by atoms with Crippen LogP contribution in [0.15, 0.2) is 48.6 Å². The van der Waals surface area contributed by atoms with Crippen molar-refractivity contribution in [2.24, 2.45) is 0 Å². The Hall–Kier alpha value is -1.70. The second-order valence-corrected chi connectivity index (χ2v) is 15.0. The number of carbonyl (C=O) groups excluding carboxylic acids is 1. The number of aliphatic hydroxyl groups excluding tert-OH is 1. The fourth-order valence-corrected chi connectivity index (χ4v) is 6.62. The van der Waals surface area contributed by atoms with E-state index in [0.29, 0.717) is 12.8 Å². The third-order valence-corrected chi connectivity index (χ3v) is 9.58. The first-order chi connectivity index (χ1) is 23.3. The molecule has 0 aromatic heterocycles. The molecule has 0 saturated heterocycles. The van der Waals surface area contributed by atoms with Gasteiger partial charge in [-0.2, -0.15) is 8.42 Å². The number of carbonyl (C=O) groups is 1. The summed E-state index contributed by atoms with van der Waals surface area (Å²) in [6, 6.07) is -0.984. The van der Waals surface area contributed by atoms with Crippen molar-refractivity contribution in [1.29, 1.82) is 0 Å². The molecule has 3 N–H and O–H groups in total. The van der Waals surface area contributed by atoms with Crippen molar-refractivity contribution < 1.29 is 22.9 Å². The molecule has 0 aliphatic carbocycles. The standard InChI is InChI=1S/C41H75NO5S/c1-3-5-7-9-11-13-15-17-19-21-23-25-27-29-31-33-35-37-41(44)42-39(38-48(45,46)47)40(43)36-34-32-30-28-26-24-22-20-18-16-14-12-10-8-6-4-2/h5,7,11,13,17,19,23,25,39-40,43H,3-4,6,8-10,12,14-16,18,20-22,24,26-38H2,1-2H3,(H,42,44)(H,45,46,47)/b7-5-,13-11-,19-17-,25-23-. The van der Waals surface area contributed by atoms with Gasteiger partial charge in [-0.3, -0.25) is 9.35 Å². The Morgan fingerprint density at radius 1 is 0.583 bits per heavy atom. The first kappa shape index (κ1) is 46.3. The SMILES string of the molecule is CC/C=C\C/C=C\C/C=C\C/C=C\CCCCCCC(=O)NC(CS(=O)(=O)O)C(O)CCCCCCCCCCCCCCCCCC. The third kappa shape index (κ3) is 35.6. The van der Waals surface area contributed by atoms with Crippen LogP contribution < -0.4 is 5.32 Å². The van der Waals surface area contributed by atoms with E-state index in [1.165, 1.54) is 83.5 Å². The van der Waals surface area contributed by atoms with E-state index in [1.807, 2.05) is 0 Å². The van der Waals surface area contributed by atoms with E-state index in [0.717, 1.165) is 70.6 Å². The Morgan fingerprint density at radius 2 is 1.00 bits per heavy atom. The summed E-state index contributed by atoms with van der Waals surface area (Å²) < 4.78 is 32.5. The van der Waals surface area contributed by atoms with Crippen molar-refractivity contribution >= 4 is 16.0 Å². The monoisotopic (exact) mass is 694 g/mol. The van der Waals surface area contributed by atoms with E-state index in [4.69, 9.17) is 0 Å². The molecule has 2 unspecified atom stereocenters. The summed E-state index contributed by atoms with van der Waals surface area (Å²) in [5.74, 6) is -0.929. The quantitative estimate of drug-likeness (QED) is 0.0348. The molecule has 0 fully saturated rings. The number of nitrogens with one attached hydrogen (secondary N) is 1. The average Bonchev–Trinajstić information content (AvgIpc) is 3.05. The lowest BCUT2D eigenvalue weighted by Crippen LogP contribution is -2.47. The molecule has 7 heteroatoms. The van der Waals surface area contributed by atoms with Crippen LogP contribution >= 0.6 is 0 Å². The van der Waals surface area contributed by atoms with Crippen LogP contribution in [-0.4, -0.2) is 41.9 Å². The molecule has 0 spiro atoms. The van der Waals surface area contributed by atoms with Gasteiger partial charge in [-0.25, -0.2) is 0 Å². The second-order valence-electron chi connectivity index (χ2n) is 13.5. The molecule has 0 radical (unpaired) electrons. The minimum absolute atomic E-state index is 0.270. The normalized spacial score (nSPS) is 13.8. The van der Waals surface area contributed by atoms with Crippen LogP contribution in [0.5, 0.6) is 0 Å². The Kier molecular flexibility index (Phi) is 33.9. The smallest absolute Gasteiger partial charge is 0.266 e. The Morgan fingerprint density at radius 3 is 1.48 bits per heavy atom. The Balaban J connectivity index is 3.94. The van der Waals surface area contributed by atoms with Crippen molar-refractivity contribution in [2.75, 3.05) is 5.75 Å². The predicted octanol–water partition coefficient (Wildman–Crippen LogP) is 11.5. The zero-order valence-electron chi connectivity index (χ0n) is 31.1. The van der Waals surface area contributed by atoms with Gasteiger partial charge in [-0.05, 0) is 51.4 Å². The summed E-state index contributed by atoms with van der Waals surface area (Å²) >= 11 is 0. The molecule has 48 heavy (non-hydrogen) atoms. The highest BCUT2D eigenvalue weighted by molar-refractivity contribution is 7.85. The van der Waals surface area contributed by atoms with E-state index in [1.54, 1.807) is 0 Å². The van der Waals surface area contributed by atoms with Gasteiger partial charge in [0.1, 0.15) is 0 Å². The predicted molar refractivity (Wildman–Crippen MR) is 207 cm³/mol. The van der Waals surface area contributed by atoms with E-state index >= 15 is 0 Å². The molecule has 0 saturated carbocycles. The third-order valence-electron chi connectivity index (χ3n) is 8.80. The number of unbranched alkanes of at least 4 members (excludes halogenated alkanes) is 19. The van der Waals surface area contributed by atoms with Crippen molar-refractivity contribution in [3.8, 4) is 0 Å². The molecule has 0 aromatic rings. The van der Waals surface area contributed by atoms with Gasteiger partial charge in [0.15, 0.2) is 0 Å². The number of rotatable bonds is 35. The molecule has 280 valence electrons. The van der Waals surface area contributed by atoms with Crippen molar-refractivity contribution in [3.63, 3.8) is 0 Å². The lowest BCUT2D eigenvalue weighted by atomic mass is 10.0. The lowest BCUT2D eigenvalue weighted by molar-refractivity contribution is -0.122. The molecule has 6 nitrogen and oxygen atoms in total. The van der Waals surface area contributed by atoms with Crippen LogP contribution in [0.4, 0.5) is 0 Å². The molecular formula is C41H75NO5S. The van der Waals surface area contributed by atoms with Crippen LogP contribution in [0, 0.1) is 0 Å². The van der Waals surface area contributed by atoms with Gasteiger partial charge in [0.05, 0.1) is 17.9 Å². The summed E-state index contributed by atoms with van der Waals surface area (Å²) in [5.41, 5.74) is 0. The van der Waals surface area contributed by atoms with Crippen molar-refractivity contribution in [2.45, 2.75) is 199 Å². The number of amides is 1. The van der Waals surface area contributed by atoms with Gasteiger partial charge < -0.3 is 10.4 Å². The molecule has 0 aromatic carbocycles. The maximum Gasteiger partial charge on any atom is 0.266 e. The summed E-state index contributed by atoms with van der Waals surface area (Å²) in [4.78, 5) is 12.5. The zero-order valence-corrected chi connectivity index (χ0v) is 31.9. The fraction of sp³-hybridized carbons (Fsp3) is 0.780. The highest BCUT2D eigenvalue weighted by atomic mass is 32.2. The van der Waals surface area contributed by atoms with E-state index in [2.05, 4.69) is 67.8 Å². The van der Waals surface area contributed by atoms with Crippen LogP contribution in [0.1, 0.15) is 187 Å². The number of hydrogen-bond acceptors (Lipinski definition) is 4. The Bertz CT molecular complexity index is 940. The highest BCUT2D eigenvalue weighted by Crippen LogP contribution is 2.16. The van der Waals surface area contributed by atoms with Gasteiger partial charge in [-0.1, -0.05) is 178 Å². The summed E-state index contributed by atoms with van der Waals surface area (Å²) in [6.07, 6.45) is 46.2.